The number of rotatable bonds is 14. The van der Waals surface area contributed by atoms with E-state index in [0.717, 1.165) is 47.5 Å². The zero-order valence-electron chi connectivity index (χ0n) is 27.8. The highest BCUT2D eigenvalue weighted by atomic mass is 32.2. The monoisotopic (exact) mass is 667 g/mol. The Morgan fingerprint density at radius 1 is 0.812 bits per heavy atom. The van der Waals surface area contributed by atoms with Crippen LogP contribution >= 0.6 is 0 Å². The summed E-state index contributed by atoms with van der Waals surface area (Å²) < 4.78 is 35.5. The quantitative estimate of drug-likeness (QED) is 0.153. The molecule has 0 spiro atoms. The Kier molecular flexibility index (Phi) is 11.9. The predicted molar refractivity (Wildman–Crippen MR) is 190 cm³/mol. The van der Waals surface area contributed by atoms with Crippen molar-refractivity contribution in [1.82, 2.24) is 10.2 Å². The summed E-state index contributed by atoms with van der Waals surface area (Å²) in [5.74, 6) is 0.535. The molecule has 0 radical (unpaired) electrons. The smallest absolute Gasteiger partial charge is 0.264 e. The molecule has 8 nitrogen and oxygen atoms in total. The summed E-state index contributed by atoms with van der Waals surface area (Å²) in [6, 6.07) is 31.6. The molecule has 0 heterocycles. The van der Waals surface area contributed by atoms with Gasteiger partial charge in [-0.05, 0) is 86.7 Å². The number of nitrogens with zero attached hydrogens (tertiary/aromatic N) is 2. The molecule has 0 aliphatic heterocycles. The van der Waals surface area contributed by atoms with Crippen molar-refractivity contribution in [3.63, 3.8) is 0 Å². The molecule has 1 N–H and O–H groups in total. The van der Waals surface area contributed by atoms with Gasteiger partial charge in [-0.3, -0.25) is 13.9 Å². The molecule has 4 aromatic carbocycles. The van der Waals surface area contributed by atoms with E-state index in [1.807, 2.05) is 74.5 Å². The highest BCUT2D eigenvalue weighted by Crippen LogP contribution is 2.29. The van der Waals surface area contributed by atoms with Gasteiger partial charge < -0.3 is 15.0 Å². The second-order valence-electron chi connectivity index (χ2n) is 12.3. The van der Waals surface area contributed by atoms with Crippen LogP contribution in [0, 0.1) is 6.92 Å². The van der Waals surface area contributed by atoms with Crippen LogP contribution in [-0.4, -0.2) is 50.3 Å². The number of aryl methyl sites for hydroxylation is 1. The Balaban J connectivity index is 1.46. The molecule has 9 heteroatoms. The van der Waals surface area contributed by atoms with Crippen LogP contribution in [0.3, 0.4) is 0 Å². The summed E-state index contributed by atoms with van der Waals surface area (Å²) in [6.45, 7) is 3.57. The third-order valence-electron chi connectivity index (χ3n) is 8.81. The summed E-state index contributed by atoms with van der Waals surface area (Å²) in [5.41, 5.74) is 2.25. The molecule has 48 heavy (non-hydrogen) atoms. The Morgan fingerprint density at radius 2 is 1.42 bits per heavy atom. The maximum atomic E-state index is 14.4. The number of benzene rings is 4. The van der Waals surface area contributed by atoms with Gasteiger partial charge in [0.05, 0.1) is 10.6 Å². The van der Waals surface area contributed by atoms with Crippen molar-refractivity contribution < 1.29 is 22.7 Å². The Hall–Kier alpha value is -4.63. The maximum absolute atomic E-state index is 14.4. The first-order chi connectivity index (χ1) is 23.2. The van der Waals surface area contributed by atoms with Crippen molar-refractivity contribution in [3.05, 3.63) is 120 Å². The molecule has 252 valence electrons. The third-order valence-corrected chi connectivity index (χ3v) is 10.6. The van der Waals surface area contributed by atoms with Gasteiger partial charge in [-0.1, -0.05) is 92.4 Å². The SMILES string of the molecule is CC[C@@H](C(=O)NC1CCCCC1)N(CCc1ccccc1)C(=O)CN(c1ccc(Oc2ccccc2)cc1)S(=O)(=O)c1ccc(C)cc1. The van der Waals surface area contributed by atoms with Crippen LogP contribution in [0.25, 0.3) is 0 Å². The molecule has 4 aromatic rings. The fourth-order valence-corrected chi connectivity index (χ4v) is 7.53. The Bertz CT molecular complexity index is 1720. The number of hydrogen-bond acceptors (Lipinski definition) is 5. The largest absolute Gasteiger partial charge is 0.457 e. The second-order valence-corrected chi connectivity index (χ2v) is 14.2. The zero-order valence-corrected chi connectivity index (χ0v) is 28.6. The molecule has 5 rings (SSSR count). The molecular formula is C39H45N3O5S. The van der Waals surface area contributed by atoms with Crippen LogP contribution < -0.4 is 14.4 Å². The van der Waals surface area contributed by atoms with E-state index < -0.39 is 28.5 Å². The first-order valence-corrected chi connectivity index (χ1v) is 18.2. The predicted octanol–water partition coefficient (Wildman–Crippen LogP) is 7.28. The molecular weight excluding hydrogens is 623 g/mol. The van der Waals surface area contributed by atoms with Crippen LogP contribution in [0.5, 0.6) is 11.5 Å². The van der Waals surface area contributed by atoms with E-state index in [0.29, 0.717) is 30.0 Å². The van der Waals surface area contributed by atoms with Gasteiger partial charge >= 0.3 is 0 Å². The number of para-hydroxylation sites is 1. The maximum Gasteiger partial charge on any atom is 0.264 e. The van der Waals surface area contributed by atoms with Crippen molar-refractivity contribution >= 4 is 27.5 Å². The molecule has 1 fully saturated rings. The van der Waals surface area contributed by atoms with Crippen LogP contribution in [0.1, 0.15) is 56.6 Å². The van der Waals surface area contributed by atoms with Gasteiger partial charge in [0.15, 0.2) is 0 Å². The van der Waals surface area contributed by atoms with E-state index in [1.165, 1.54) is 0 Å². The van der Waals surface area contributed by atoms with E-state index in [9.17, 15) is 18.0 Å². The lowest BCUT2D eigenvalue weighted by molar-refractivity contribution is -0.140. The van der Waals surface area contributed by atoms with Crippen LogP contribution in [0.4, 0.5) is 5.69 Å². The van der Waals surface area contributed by atoms with Gasteiger partial charge in [0, 0.05) is 12.6 Å². The Labute approximate surface area is 284 Å². The summed E-state index contributed by atoms with van der Waals surface area (Å²) in [6.07, 6.45) is 6.07. The number of amides is 2. The molecule has 0 aromatic heterocycles. The van der Waals surface area contributed by atoms with Crippen LogP contribution in [-0.2, 0) is 26.0 Å². The lowest BCUT2D eigenvalue weighted by atomic mass is 9.95. The first kappa shape index (κ1) is 34.7. The van der Waals surface area contributed by atoms with Crippen molar-refractivity contribution in [2.24, 2.45) is 0 Å². The lowest BCUT2D eigenvalue weighted by Crippen LogP contribution is -2.54. The summed E-state index contributed by atoms with van der Waals surface area (Å²) in [4.78, 5) is 29.8. The van der Waals surface area contributed by atoms with Gasteiger partial charge in [-0.25, -0.2) is 8.42 Å². The van der Waals surface area contributed by atoms with E-state index in [-0.39, 0.29) is 23.4 Å². The van der Waals surface area contributed by atoms with Crippen molar-refractivity contribution in [2.75, 3.05) is 17.4 Å². The van der Waals surface area contributed by atoms with E-state index in [2.05, 4.69) is 5.32 Å². The average molecular weight is 668 g/mol. The summed E-state index contributed by atoms with van der Waals surface area (Å²) in [7, 11) is -4.17. The minimum atomic E-state index is -4.17. The second kappa shape index (κ2) is 16.5. The third kappa shape index (κ3) is 9.04. The minimum Gasteiger partial charge on any atom is -0.457 e. The van der Waals surface area contributed by atoms with E-state index >= 15 is 0 Å². The number of hydrogen-bond donors (Lipinski definition) is 1. The molecule has 1 aliphatic rings. The van der Waals surface area contributed by atoms with Crippen molar-refractivity contribution in [2.45, 2.75) is 75.8 Å². The van der Waals surface area contributed by atoms with Gasteiger partial charge in [0.1, 0.15) is 24.1 Å². The molecule has 2 amide bonds. The highest BCUT2D eigenvalue weighted by Gasteiger charge is 2.34. The zero-order chi connectivity index (χ0) is 33.9. The molecule has 0 unspecified atom stereocenters. The van der Waals surface area contributed by atoms with Crippen molar-refractivity contribution in [1.29, 1.82) is 0 Å². The van der Waals surface area contributed by atoms with Crippen LogP contribution in [0.2, 0.25) is 0 Å². The number of ether oxygens (including phenoxy) is 1. The molecule has 1 aliphatic carbocycles. The summed E-state index contributed by atoms with van der Waals surface area (Å²) in [5, 5.41) is 3.20. The number of carbonyl (C=O) groups excluding carboxylic acids is 2. The van der Waals surface area contributed by atoms with Crippen molar-refractivity contribution in [3.8, 4) is 11.5 Å². The van der Waals surface area contributed by atoms with Gasteiger partial charge in [0.2, 0.25) is 11.8 Å². The van der Waals surface area contributed by atoms with Gasteiger partial charge in [0.25, 0.3) is 10.0 Å². The first-order valence-electron chi connectivity index (χ1n) is 16.8. The average Bonchev–Trinajstić information content (AvgIpc) is 3.10. The molecule has 0 saturated heterocycles. The summed E-state index contributed by atoms with van der Waals surface area (Å²) >= 11 is 0. The Morgan fingerprint density at radius 3 is 2.04 bits per heavy atom. The molecule has 0 bridgehead atoms. The standard InChI is InChI=1S/C39H45N3O5S/c1-3-37(39(44)40-32-15-9-5-10-16-32)41(28-27-31-13-7-4-8-14-31)38(43)29-42(48(45,46)36-25-19-30(2)20-26-36)33-21-23-35(24-22-33)47-34-17-11-6-12-18-34/h4,6-8,11-14,17-26,32,37H,3,5,9-10,15-16,27-29H2,1-2H3,(H,40,44)/t37-/m0/s1. The van der Waals surface area contributed by atoms with Crippen LogP contribution in [0.15, 0.2) is 114 Å². The van der Waals surface area contributed by atoms with E-state index in [1.54, 1.807) is 53.4 Å². The topological polar surface area (TPSA) is 96.0 Å². The fraction of sp³-hybridized carbons (Fsp3) is 0.333. The minimum absolute atomic E-state index is 0.0726. The van der Waals surface area contributed by atoms with E-state index in [4.69, 9.17) is 4.74 Å². The molecule has 1 atom stereocenters. The lowest BCUT2D eigenvalue weighted by Gasteiger charge is -2.34. The fourth-order valence-electron chi connectivity index (χ4n) is 6.11. The number of anilines is 1. The van der Waals surface area contributed by atoms with Gasteiger partial charge in [-0.15, -0.1) is 0 Å². The number of sulfonamides is 1. The number of nitrogens with one attached hydrogen (secondary N) is 1. The number of carbonyl (C=O) groups is 2. The highest BCUT2D eigenvalue weighted by molar-refractivity contribution is 7.92. The molecule has 1 saturated carbocycles. The van der Waals surface area contributed by atoms with Gasteiger partial charge in [-0.2, -0.15) is 0 Å². The normalized spacial score (nSPS) is 14.1.